The third-order valence-corrected chi connectivity index (χ3v) is 2.19. The molecule has 0 aliphatic carbocycles. The summed E-state index contributed by atoms with van der Waals surface area (Å²) in [4.78, 5) is 23.6. The number of halogens is 1. The van der Waals surface area contributed by atoms with Crippen molar-refractivity contribution in [1.82, 2.24) is 4.90 Å². The number of hydrogen-bond donors (Lipinski definition) is 2. The van der Waals surface area contributed by atoms with Gasteiger partial charge in [0, 0.05) is 14.1 Å². The molecule has 0 unspecified atom stereocenters. The first kappa shape index (κ1) is 12.3. The number of urea groups is 1. The minimum Gasteiger partial charge on any atom is -0.478 e. The van der Waals surface area contributed by atoms with E-state index in [1.807, 2.05) is 0 Å². The molecule has 6 heteroatoms. The quantitative estimate of drug-likeness (QED) is 0.835. The van der Waals surface area contributed by atoms with Crippen molar-refractivity contribution in [1.29, 1.82) is 0 Å². The molecule has 0 saturated carbocycles. The Bertz CT molecular complexity index is 432. The summed E-state index contributed by atoms with van der Waals surface area (Å²) in [5.41, 5.74) is 0.0677. The zero-order valence-electron chi connectivity index (χ0n) is 8.82. The maximum Gasteiger partial charge on any atom is 0.339 e. The van der Waals surface area contributed by atoms with Crippen LogP contribution >= 0.6 is 11.6 Å². The monoisotopic (exact) mass is 242 g/mol. The van der Waals surface area contributed by atoms with Crippen LogP contribution in [0.5, 0.6) is 0 Å². The fourth-order valence-electron chi connectivity index (χ4n) is 1.07. The fourth-order valence-corrected chi connectivity index (χ4v) is 1.33. The Morgan fingerprint density at radius 2 is 2.00 bits per heavy atom. The van der Waals surface area contributed by atoms with E-state index < -0.39 is 12.0 Å². The van der Waals surface area contributed by atoms with Crippen LogP contribution in [0.3, 0.4) is 0 Å². The second-order valence-electron chi connectivity index (χ2n) is 3.29. The van der Waals surface area contributed by atoms with E-state index in [1.165, 1.54) is 17.0 Å². The molecule has 0 saturated heterocycles. The summed E-state index contributed by atoms with van der Waals surface area (Å²) in [6, 6.07) is 4.09. The lowest BCUT2D eigenvalue weighted by Crippen LogP contribution is -2.28. The molecule has 1 aromatic carbocycles. The molecule has 0 heterocycles. The zero-order valence-corrected chi connectivity index (χ0v) is 9.58. The Kier molecular flexibility index (Phi) is 3.73. The van der Waals surface area contributed by atoms with E-state index >= 15 is 0 Å². The van der Waals surface area contributed by atoms with Crippen LogP contribution in [0.2, 0.25) is 5.02 Å². The SMILES string of the molecule is CN(C)C(=O)Nc1cccc(Cl)c1C(=O)O. The van der Waals surface area contributed by atoms with Gasteiger partial charge < -0.3 is 15.3 Å². The van der Waals surface area contributed by atoms with Gasteiger partial charge >= 0.3 is 12.0 Å². The van der Waals surface area contributed by atoms with Gasteiger partial charge in [-0.2, -0.15) is 0 Å². The lowest BCUT2D eigenvalue weighted by atomic mass is 10.2. The molecule has 16 heavy (non-hydrogen) atoms. The summed E-state index contributed by atoms with van der Waals surface area (Å²) in [5.74, 6) is -1.18. The van der Waals surface area contributed by atoms with Crippen LogP contribution in [0.4, 0.5) is 10.5 Å². The van der Waals surface area contributed by atoms with Crippen molar-refractivity contribution >= 4 is 29.3 Å². The topological polar surface area (TPSA) is 69.6 Å². The van der Waals surface area contributed by atoms with Crippen LogP contribution in [0.1, 0.15) is 10.4 Å². The Morgan fingerprint density at radius 3 is 2.50 bits per heavy atom. The normalized spacial score (nSPS) is 9.69. The van der Waals surface area contributed by atoms with E-state index in [4.69, 9.17) is 16.7 Å². The van der Waals surface area contributed by atoms with Crippen molar-refractivity contribution in [2.45, 2.75) is 0 Å². The van der Waals surface area contributed by atoms with Crippen molar-refractivity contribution in [2.75, 3.05) is 19.4 Å². The summed E-state index contributed by atoms with van der Waals surface area (Å²) in [7, 11) is 3.11. The number of amides is 2. The summed E-state index contributed by atoms with van der Waals surface area (Å²) >= 11 is 5.74. The number of carboxylic acid groups (broad SMARTS) is 1. The van der Waals surface area contributed by atoms with Crippen molar-refractivity contribution in [3.63, 3.8) is 0 Å². The maximum atomic E-state index is 11.4. The predicted molar refractivity (Wildman–Crippen MR) is 61.1 cm³/mol. The van der Waals surface area contributed by atoms with E-state index in [1.54, 1.807) is 20.2 Å². The van der Waals surface area contributed by atoms with Crippen LogP contribution in [0, 0.1) is 0 Å². The van der Waals surface area contributed by atoms with Crippen LogP contribution in [-0.4, -0.2) is 36.1 Å². The summed E-state index contributed by atoms with van der Waals surface area (Å²) < 4.78 is 0. The highest BCUT2D eigenvalue weighted by molar-refractivity contribution is 6.34. The number of carboxylic acids is 1. The first-order valence-electron chi connectivity index (χ1n) is 4.43. The summed E-state index contributed by atoms with van der Waals surface area (Å²) in [6.45, 7) is 0. The standard InChI is InChI=1S/C10H11ClN2O3/c1-13(2)10(16)12-7-5-3-4-6(11)8(7)9(14)15/h3-5H,1-2H3,(H,12,16)(H,14,15). The van der Waals surface area contributed by atoms with Crippen LogP contribution < -0.4 is 5.32 Å². The Labute approximate surface area is 97.6 Å². The Balaban J connectivity index is 3.09. The molecular weight excluding hydrogens is 232 g/mol. The maximum absolute atomic E-state index is 11.4. The van der Waals surface area contributed by atoms with Gasteiger partial charge in [-0.05, 0) is 12.1 Å². The fraction of sp³-hybridized carbons (Fsp3) is 0.200. The Hall–Kier alpha value is -1.75. The lowest BCUT2D eigenvalue weighted by molar-refractivity contribution is 0.0698. The van der Waals surface area contributed by atoms with Crippen molar-refractivity contribution in [2.24, 2.45) is 0 Å². The van der Waals surface area contributed by atoms with E-state index in [2.05, 4.69) is 5.32 Å². The summed E-state index contributed by atoms with van der Waals surface area (Å²) in [5, 5.41) is 11.5. The molecule has 0 bridgehead atoms. The van der Waals surface area contributed by atoms with E-state index in [9.17, 15) is 9.59 Å². The molecule has 5 nitrogen and oxygen atoms in total. The van der Waals surface area contributed by atoms with Gasteiger partial charge in [0.05, 0.1) is 10.7 Å². The molecule has 2 amide bonds. The third kappa shape index (κ3) is 2.64. The third-order valence-electron chi connectivity index (χ3n) is 1.88. The average molecular weight is 243 g/mol. The Morgan fingerprint density at radius 1 is 1.38 bits per heavy atom. The number of aromatic carboxylic acids is 1. The molecular formula is C10H11ClN2O3. The highest BCUT2D eigenvalue weighted by Crippen LogP contribution is 2.24. The molecule has 1 rings (SSSR count). The zero-order chi connectivity index (χ0) is 12.3. The van der Waals surface area contributed by atoms with Gasteiger partial charge in [0.25, 0.3) is 0 Å². The van der Waals surface area contributed by atoms with Gasteiger partial charge in [-0.3, -0.25) is 0 Å². The molecule has 0 radical (unpaired) electrons. The minimum absolute atomic E-state index is 0.0871. The van der Waals surface area contributed by atoms with Gasteiger partial charge in [-0.15, -0.1) is 0 Å². The first-order valence-corrected chi connectivity index (χ1v) is 4.81. The minimum atomic E-state index is -1.18. The van der Waals surface area contributed by atoms with Crippen molar-refractivity contribution in [3.8, 4) is 0 Å². The summed E-state index contributed by atoms with van der Waals surface area (Å²) in [6.07, 6.45) is 0. The molecule has 0 fully saturated rings. The van der Waals surface area contributed by atoms with Crippen LogP contribution in [-0.2, 0) is 0 Å². The van der Waals surface area contributed by atoms with Gasteiger partial charge in [-0.1, -0.05) is 17.7 Å². The van der Waals surface area contributed by atoms with Gasteiger partial charge in [0.1, 0.15) is 5.56 Å². The number of hydrogen-bond acceptors (Lipinski definition) is 2. The molecule has 0 aliphatic heterocycles. The molecule has 1 aromatic rings. The van der Waals surface area contributed by atoms with E-state index in [-0.39, 0.29) is 16.3 Å². The number of benzene rings is 1. The number of anilines is 1. The second kappa shape index (κ2) is 4.85. The van der Waals surface area contributed by atoms with E-state index in [0.717, 1.165) is 0 Å². The number of nitrogens with one attached hydrogen (secondary N) is 1. The smallest absolute Gasteiger partial charge is 0.339 e. The van der Waals surface area contributed by atoms with E-state index in [0.29, 0.717) is 0 Å². The van der Waals surface area contributed by atoms with Gasteiger partial charge in [-0.25, -0.2) is 9.59 Å². The highest BCUT2D eigenvalue weighted by atomic mass is 35.5. The van der Waals surface area contributed by atoms with Gasteiger partial charge in [0.2, 0.25) is 0 Å². The molecule has 0 atom stereocenters. The molecule has 0 aliphatic rings. The molecule has 0 spiro atoms. The average Bonchev–Trinajstić information content (AvgIpc) is 2.16. The predicted octanol–water partition coefficient (Wildman–Crippen LogP) is 2.13. The van der Waals surface area contributed by atoms with Crippen molar-refractivity contribution < 1.29 is 14.7 Å². The number of carbonyl (C=O) groups excluding carboxylic acids is 1. The second-order valence-corrected chi connectivity index (χ2v) is 3.70. The number of nitrogens with zero attached hydrogens (tertiary/aromatic N) is 1. The van der Waals surface area contributed by atoms with Crippen molar-refractivity contribution in [3.05, 3.63) is 28.8 Å². The van der Waals surface area contributed by atoms with Crippen LogP contribution in [0.15, 0.2) is 18.2 Å². The van der Waals surface area contributed by atoms with Crippen LogP contribution in [0.25, 0.3) is 0 Å². The number of carbonyl (C=O) groups is 2. The largest absolute Gasteiger partial charge is 0.478 e. The molecule has 0 aromatic heterocycles. The molecule has 2 N–H and O–H groups in total. The van der Waals surface area contributed by atoms with Gasteiger partial charge in [0.15, 0.2) is 0 Å². The molecule has 86 valence electrons. The lowest BCUT2D eigenvalue weighted by Gasteiger charge is -2.14. The highest BCUT2D eigenvalue weighted by Gasteiger charge is 2.16. The first-order chi connectivity index (χ1) is 7.43. The number of rotatable bonds is 2.